The van der Waals surface area contributed by atoms with Crippen molar-refractivity contribution < 1.29 is 14.3 Å². The molecule has 0 saturated heterocycles. The third-order valence-corrected chi connectivity index (χ3v) is 4.15. The van der Waals surface area contributed by atoms with Crippen LogP contribution in [-0.2, 0) is 6.42 Å². The molecule has 0 bridgehead atoms. The van der Waals surface area contributed by atoms with Crippen LogP contribution in [0.1, 0.15) is 15.9 Å². The molecular formula is C18H18ClNO3. The van der Waals surface area contributed by atoms with Gasteiger partial charge < -0.3 is 14.8 Å². The van der Waals surface area contributed by atoms with E-state index < -0.39 is 0 Å². The molecule has 4 nitrogen and oxygen atoms in total. The second kappa shape index (κ2) is 6.92. The quantitative estimate of drug-likeness (QED) is 0.934. The van der Waals surface area contributed by atoms with E-state index in [0.29, 0.717) is 29.5 Å². The molecule has 120 valence electrons. The number of halogens is 1. The summed E-state index contributed by atoms with van der Waals surface area (Å²) >= 11 is 5.97. The van der Waals surface area contributed by atoms with Gasteiger partial charge in [-0.15, -0.1) is 0 Å². The third kappa shape index (κ3) is 3.59. The summed E-state index contributed by atoms with van der Waals surface area (Å²) in [6.45, 7) is 1.15. The molecule has 2 aromatic rings. The summed E-state index contributed by atoms with van der Waals surface area (Å²) < 4.78 is 11.0. The Morgan fingerprint density at radius 2 is 2.17 bits per heavy atom. The molecule has 1 amide bonds. The fourth-order valence-corrected chi connectivity index (χ4v) is 2.88. The van der Waals surface area contributed by atoms with Crippen molar-refractivity contribution in [3.8, 4) is 11.5 Å². The molecule has 0 radical (unpaired) electrons. The number of ether oxygens (including phenoxy) is 2. The van der Waals surface area contributed by atoms with Gasteiger partial charge in [0.1, 0.15) is 11.5 Å². The Morgan fingerprint density at radius 3 is 3.00 bits per heavy atom. The summed E-state index contributed by atoms with van der Waals surface area (Å²) in [5, 5.41) is 3.45. The zero-order chi connectivity index (χ0) is 16.2. The van der Waals surface area contributed by atoms with E-state index in [-0.39, 0.29) is 11.8 Å². The Morgan fingerprint density at radius 1 is 1.35 bits per heavy atom. The van der Waals surface area contributed by atoms with Gasteiger partial charge >= 0.3 is 0 Å². The van der Waals surface area contributed by atoms with Crippen LogP contribution in [0.25, 0.3) is 0 Å². The standard InChI is InChI=1S/C18H18ClNO3/c1-22-17-7-6-14(19)9-15(17)18(21)20-10-12-8-13-4-2-3-5-16(13)23-11-12/h2-7,9,12H,8,10-11H2,1H3,(H,20,21). The van der Waals surface area contributed by atoms with Crippen molar-refractivity contribution in [2.24, 2.45) is 5.92 Å². The maximum atomic E-state index is 12.4. The minimum Gasteiger partial charge on any atom is -0.496 e. The highest BCUT2D eigenvalue weighted by Crippen LogP contribution is 2.27. The summed E-state index contributed by atoms with van der Waals surface area (Å²) in [5.41, 5.74) is 1.62. The molecule has 3 rings (SSSR count). The Balaban J connectivity index is 1.63. The fourth-order valence-electron chi connectivity index (χ4n) is 2.71. The molecule has 1 atom stereocenters. The van der Waals surface area contributed by atoms with Gasteiger partial charge in [-0.25, -0.2) is 0 Å². The predicted octanol–water partition coefficient (Wildman–Crippen LogP) is 3.33. The maximum absolute atomic E-state index is 12.4. The first-order valence-electron chi connectivity index (χ1n) is 7.50. The number of hydrogen-bond donors (Lipinski definition) is 1. The average molecular weight is 332 g/mol. The molecule has 1 N–H and O–H groups in total. The van der Waals surface area contributed by atoms with Gasteiger partial charge in [0.15, 0.2) is 0 Å². The summed E-state index contributed by atoms with van der Waals surface area (Å²) in [7, 11) is 1.53. The van der Waals surface area contributed by atoms with Crippen LogP contribution in [0.3, 0.4) is 0 Å². The van der Waals surface area contributed by atoms with Gasteiger partial charge in [0.05, 0.1) is 19.3 Å². The minimum atomic E-state index is -0.191. The normalized spacial score (nSPS) is 16.2. The largest absolute Gasteiger partial charge is 0.496 e. The smallest absolute Gasteiger partial charge is 0.255 e. The van der Waals surface area contributed by atoms with E-state index in [1.54, 1.807) is 18.2 Å². The first kappa shape index (κ1) is 15.7. The van der Waals surface area contributed by atoms with Crippen LogP contribution in [0.4, 0.5) is 0 Å². The lowest BCUT2D eigenvalue weighted by Crippen LogP contribution is -2.34. The molecule has 1 heterocycles. The zero-order valence-corrected chi connectivity index (χ0v) is 13.6. The number of para-hydroxylation sites is 1. The van der Waals surface area contributed by atoms with Crippen molar-refractivity contribution >= 4 is 17.5 Å². The van der Waals surface area contributed by atoms with Crippen molar-refractivity contribution in [1.82, 2.24) is 5.32 Å². The van der Waals surface area contributed by atoms with E-state index in [4.69, 9.17) is 21.1 Å². The Hall–Kier alpha value is -2.20. The van der Waals surface area contributed by atoms with Crippen molar-refractivity contribution in [3.05, 3.63) is 58.6 Å². The number of carbonyl (C=O) groups excluding carboxylic acids is 1. The van der Waals surface area contributed by atoms with Crippen LogP contribution in [0, 0.1) is 5.92 Å². The molecule has 5 heteroatoms. The zero-order valence-electron chi connectivity index (χ0n) is 12.8. The second-order valence-corrected chi connectivity index (χ2v) is 5.98. The number of fused-ring (bicyclic) bond motifs is 1. The number of carbonyl (C=O) groups is 1. The average Bonchev–Trinajstić information content (AvgIpc) is 2.59. The molecule has 1 unspecified atom stereocenters. The van der Waals surface area contributed by atoms with Gasteiger partial charge in [-0.3, -0.25) is 4.79 Å². The number of amides is 1. The summed E-state index contributed by atoms with van der Waals surface area (Å²) in [6, 6.07) is 13.0. The molecule has 0 aliphatic carbocycles. The van der Waals surface area contributed by atoms with Gasteiger partial charge in [-0.2, -0.15) is 0 Å². The first-order valence-corrected chi connectivity index (χ1v) is 7.87. The van der Waals surface area contributed by atoms with Crippen LogP contribution < -0.4 is 14.8 Å². The number of methoxy groups -OCH3 is 1. The van der Waals surface area contributed by atoms with E-state index in [9.17, 15) is 4.79 Å². The van der Waals surface area contributed by atoms with Crippen molar-refractivity contribution in [3.63, 3.8) is 0 Å². The molecule has 0 aromatic heterocycles. The Bertz CT molecular complexity index is 717. The van der Waals surface area contributed by atoms with Crippen molar-refractivity contribution in [1.29, 1.82) is 0 Å². The van der Waals surface area contributed by atoms with E-state index >= 15 is 0 Å². The van der Waals surface area contributed by atoms with Gasteiger partial charge in [-0.1, -0.05) is 29.8 Å². The van der Waals surface area contributed by atoms with Gasteiger partial charge in [0.2, 0.25) is 0 Å². The number of hydrogen-bond acceptors (Lipinski definition) is 3. The van der Waals surface area contributed by atoms with Crippen LogP contribution >= 0.6 is 11.6 Å². The Labute approximate surface area is 140 Å². The highest BCUT2D eigenvalue weighted by molar-refractivity contribution is 6.31. The highest BCUT2D eigenvalue weighted by atomic mass is 35.5. The number of benzene rings is 2. The van der Waals surface area contributed by atoms with Crippen molar-refractivity contribution in [2.45, 2.75) is 6.42 Å². The molecule has 1 aliphatic rings. The van der Waals surface area contributed by atoms with Crippen LogP contribution in [0.5, 0.6) is 11.5 Å². The molecule has 0 fully saturated rings. The topological polar surface area (TPSA) is 47.6 Å². The second-order valence-electron chi connectivity index (χ2n) is 5.54. The fraction of sp³-hybridized carbons (Fsp3) is 0.278. The van der Waals surface area contributed by atoms with E-state index in [2.05, 4.69) is 11.4 Å². The molecule has 23 heavy (non-hydrogen) atoms. The van der Waals surface area contributed by atoms with Gasteiger partial charge in [0.25, 0.3) is 5.91 Å². The lowest BCUT2D eigenvalue weighted by molar-refractivity contribution is 0.0936. The van der Waals surface area contributed by atoms with Crippen molar-refractivity contribution in [2.75, 3.05) is 20.3 Å². The maximum Gasteiger partial charge on any atom is 0.255 e. The lowest BCUT2D eigenvalue weighted by Gasteiger charge is -2.25. The highest BCUT2D eigenvalue weighted by Gasteiger charge is 2.21. The van der Waals surface area contributed by atoms with Gasteiger partial charge in [-0.05, 0) is 36.2 Å². The molecular weight excluding hydrogens is 314 g/mol. The number of rotatable bonds is 4. The number of nitrogens with one attached hydrogen (secondary N) is 1. The molecule has 2 aromatic carbocycles. The van der Waals surface area contributed by atoms with E-state index in [1.807, 2.05) is 18.2 Å². The van der Waals surface area contributed by atoms with Crippen LogP contribution in [0.15, 0.2) is 42.5 Å². The first-order chi connectivity index (χ1) is 11.2. The van der Waals surface area contributed by atoms with Gasteiger partial charge in [0, 0.05) is 17.5 Å². The van der Waals surface area contributed by atoms with Crippen LogP contribution in [-0.4, -0.2) is 26.2 Å². The monoisotopic (exact) mass is 331 g/mol. The predicted molar refractivity (Wildman–Crippen MR) is 89.5 cm³/mol. The molecule has 0 saturated carbocycles. The molecule has 0 spiro atoms. The molecule has 1 aliphatic heterocycles. The SMILES string of the molecule is COc1ccc(Cl)cc1C(=O)NCC1COc2ccccc2C1. The summed E-state index contributed by atoms with van der Waals surface area (Å²) in [6.07, 6.45) is 0.892. The minimum absolute atomic E-state index is 0.191. The summed E-state index contributed by atoms with van der Waals surface area (Å²) in [5.74, 6) is 1.51. The van der Waals surface area contributed by atoms with Crippen LogP contribution in [0.2, 0.25) is 5.02 Å². The summed E-state index contributed by atoms with van der Waals surface area (Å²) in [4.78, 5) is 12.4. The lowest BCUT2D eigenvalue weighted by atomic mass is 9.96. The Kier molecular flexibility index (Phi) is 4.72. The third-order valence-electron chi connectivity index (χ3n) is 3.91. The van der Waals surface area contributed by atoms with E-state index in [1.165, 1.54) is 12.7 Å². The van der Waals surface area contributed by atoms with E-state index in [0.717, 1.165) is 12.2 Å².